The number of nitrogens with one attached hydrogen (secondary N) is 2. The average molecular weight is 428 g/mol. The summed E-state index contributed by atoms with van der Waals surface area (Å²) < 4.78 is 5.34. The number of non-ortho nitro benzene ring substituents is 2. The van der Waals surface area contributed by atoms with E-state index < -0.39 is 15.8 Å². The van der Waals surface area contributed by atoms with Crippen LogP contribution in [0.15, 0.2) is 47.6 Å². The van der Waals surface area contributed by atoms with Crippen molar-refractivity contribution in [3.8, 4) is 0 Å². The van der Waals surface area contributed by atoms with E-state index in [0.29, 0.717) is 37.6 Å². The fraction of sp³-hybridized carbons (Fsp3) is 0.263. The summed E-state index contributed by atoms with van der Waals surface area (Å²) in [6.07, 6.45) is 1.36. The molecule has 0 bridgehead atoms. The highest BCUT2D eigenvalue weighted by molar-refractivity contribution is 5.90. The van der Waals surface area contributed by atoms with Gasteiger partial charge < -0.3 is 15.0 Å². The zero-order valence-corrected chi connectivity index (χ0v) is 16.4. The minimum Gasteiger partial charge on any atom is -0.378 e. The molecule has 0 aliphatic carbocycles. The van der Waals surface area contributed by atoms with E-state index in [4.69, 9.17) is 4.74 Å². The molecule has 0 aromatic heterocycles. The van der Waals surface area contributed by atoms with Crippen LogP contribution in [0.3, 0.4) is 0 Å². The lowest BCUT2D eigenvalue weighted by Crippen LogP contribution is -2.36. The van der Waals surface area contributed by atoms with E-state index >= 15 is 0 Å². The van der Waals surface area contributed by atoms with Crippen LogP contribution in [-0.4, -0.2) is 54.8 Å². The van der Waals surface area contributed by atoms with Gasteiger partial charge in [-0.3, -0.25) is 25.0 Å². The van der Waals surface area contributed by atoms with Crippen LogP contribution >= 0.6 is 0 Å². The smallest absolute Gasteiger partial charge is 0.270 e. The monoisotopic (exact) mass is 428 g/mol. The summed E-state index contributed by atoms with van der Waals surface area (Å²) in [4.78, 5) is 34.8. The fourth-order valence-corrected chi connectivity index (χ4v) is 2.95. The normalized spacial score (nSPS) is 13.7. The molecule has 0 saturated carbocycles. The van der Waals surface area contributed by atoms with Gasteiger partial charge in [-0.2, -0.15) is 5.10 Å². The Morgan fingerprint density at radius 1 is 1.06 bits per heavy atom. The molecule has 1 aliphatic heterocycles. The first-order valence-corrected chi connectivity index (χ1v) is 9.35. The molecule has 1 aliphatic rings. The van der Waals surface area contributed by atoms with Crippen LogP contribution in [0.25, 0.3) is 0 Å². The quantitative estimate of drug-likeness (QED) is 0.367. The first-order chi connectivity index (χ1) is 14.9. The van der Waals surface area contributed by atoms with Crippen LogP contribution in [-0.2, 0) is 9.53 Å². The minimum atomic E-state index is -0.510. The van der Waals surface area contributed by atoms with Gasteiger partial charge in [-0.15, -0.1) is 0 Å². The van der Waals surface area contributed by atoms with Gasteiger partial charge in [0.1, 0.15) is 0 Å². The number of nitro benzene ring substituents is 2. The molecule has 0 radical (unpaired) electrons. The van der Waals surface area contributed by atoms with E-state index in [1.54, 1.807) is 6.07 Å². The van der Waals surface area contributed by atoms with Gasteiger partial charge in [-0.25, -0.2) is 5.43 Å². The average Bonchev–Trinajstić information content (AvgIpc) is 2.78. The van der Waals surface area contributed by atoms with Crippen molar-refractivity contribution in [2.75, 3.05) is 43.1 Å². The third-order valence-electron chi connectivity index (χ3n) is 4.50. The Balaban J connectivity index is 1.62. The van der Waals surface area contributed by atoms with Gasteiger partial charge in [0.05, 0.1) is 35.8 Å². The van der Waals surface area contributed by atoms with Crippen LogP contribution in [0.2, 0.25) is 0 Å². The molecule has 2 aromatic carbocycles. The van der Waals surface area contributed by atoms with Gasteiger partial charge in [0.2, 0.25) is 0 Å². The summed E-state index contributed by atoms with van der Waals surface area (Å²) in [7, 11) is 0. The number of morpholine rings is 1. The number of amides is 1. The molecule has 1 fully saturated rings. The van der Waals surface area contributed by atoms with Crippen molar-refractivity contribution in [2.24, 2.45) is 5.10 Å². The first kappa shape index (κ1) is 21.6. The molecule has 1 saturated heterocycles. The topological polar surface area (TPSA) is 152 Å². The number of rotatable bonds is 8. The summed E-state index contributed by atoms with van der Waals surface area (Å²) in [5.74, 6) is -0.451. The molecule has 12 heteroatoms. The molecule has 3 rings (SSSR count). The van der Waals surface area contributed by atoms with Crippen LogP contribution in [0.1, 0.15) is 5.56 Å². The molecule has 31 heavy (non-hydrogen) atoms. The van der Waals surface area contributed by atoms with Crippen molar-refractivity contribution in [3.63, 3.8) is 0 Å². The van der Waals surface area contributed by atoms with Crippen LogP contribution < -0.4 is 15.6 Å². The van der Waals surface area contributed by atoms with Gasteiger partial charge in [0.15, 0.2) is 0 Å². The maximum atomic E-state index is 12.0. The summed E-state index contributed by atoms with van der Waals surface area (Å²) in [5.41, 5.74) is 4.03. The molecule has 0 unspecified atom stereocenters. The van der Waals surface area contributed by atoms with Crippen LogP contribution in [0.5, 0.6) is 0 Å². The Kier molecular flexibility index (Phi) is 7.06. The van der Waals surface area contributed by atoms with Gasteiger partial charge in [-0.1, -0.05) is 0 Å². The fourth-order valence-electron chi connectivity index (χ4n) is 2.95. The summed E-state index contributed by atoms with van der Waals surface area (Å²) in [5, 5.41) is 28.5. The lowest BCUT2D eigenvalue weighted by atomic mass is 10.1. The predicted molar refractivity (Wildman–Crippen MR) is 113 cm³/mol. The number of nitro groups is 2. The van der Waals surface area contributed by atoms with E-state index in [2.05, 4.69) is 15.8 Å². The number of hydrogen-bond donors (Lipinski definition) is 2. The maximum Gasteiger partial charge on any atom is 0.270 e. The molecule has 0 spiro atoms. The van der Waals surface area contributed by atoms with Crippen molar-refractivity contribution in [2.45, 2.75) is 0 Å². The molecule has 2 N–H and O–H groups in total. The van der Waals surface area contributed by atoms with Crippen molar-refractivity contribution >= 4 is 34.9 Å². The zero-order chi connectivity index (χ0) is 22.2. The number of carbonyl (C=O) groups excluding carboxylic acids is 1. The van der Waals surface area contributed by atoms with Gasteiger partial charge in [-0.05, 0) is 18.2 Å². The Hall–Kier alpha value is -4.06. The molecule has 0 atom stereocenters. The van der Waals surface area contributed by atoms with E-state index in [1.807, 2.05) is 4.90 Å². The summed E-state index contributed by atoms with van der Waals surface area (Å²) in [6.45, 7) is 2.28. The number of anilines is 2. The Bertz CT molecular complexity index is 988. The Morgan fingerprint density at radius 3 is 2.35 bits per heavy atom. The van der Waals surface area contributed by atoms with Crippen LogP contribution in [0, 0.1) is 20.2 Å². The van der Waals surface area contributed by atoms with E-state index in [0.717, 1.165) is 5.69 Å². The second-order valence-electron chi connectivity index (χ2n) is 6.55. The zero-order valence-electron chi connectivity index (χ0n) is 16.4. The van der Waals surface area contributed by atoms with Crippen LogP contribution in [0.4, 0.5) is 22.7 Å². The molecule has 12 nitrogen and oxygen atoms in total. The predicted octanol–water partition coefficient (Wildman–Crippen LogP) is 1.90. The molecular weight excluding hydrogens is 408 g/mol. The van der Waals surface area contributed by atoms with Gasteiger partial charge in [0, 0.05) is 54.3 Å². The number of nitrogens with zero attached hydrogens (tertiary/aromatic N) is 4. The molecule has 2 aromatic rings. The summed E-state index contributed by atoms with van der Waals surface area (Å²) in [6, 6.07) is 10.1. The SMILES string of the molecule is O=C(CNc1ccc([N+](=O)[O-])cc1)NN=Cc1cc([N+](=O)[O-])ccc1N1CCOCC1. The van der Waals surface area contributed by atoms with E-state index in [-0.39, 0.29) is 17.9 Å². The first-order valence-electron chi connectivity index (χ1n) is 9.35. The van der Waals surface area contributed by atoms with Gasteiger partial charge in [0.25, 0.3) is 17.3 Å². The van der Waals surface area contributed by atoms with Gasteiger partial charge >= 0.3 is 0 Å². The van der Waals surface area contributed by atoms with Crippen molar-refractivity contribution < 1.29 is 19.4 Å². The van der Waals surface area contributed by atoms with E-state index in [1.165, 1.54) is 42.6 Å². The lowest BCUT2D eigenvalue weighted by Gasteiger charge is -2.29. The number of hydrazone groups is 1. The van der Waals surface area contributed by atoms with Crippen molar-refractivity contribution in [1.29, 1.82) is 0 Å². The third kappa shape index (κ3) is 5.96. The maximum absolute atomic E-state index is 12.0. The molecule has 1 amide bonds. The number of carbonyl (C=O) groups is 1. The molecule has 1 heterocycles. The Morgan fingerprint density at radius 2 is 1.71 bits per heavy atom. The third-order valence-corrected chi connectivity index (χ3v) is 4.50. The standard InChI is InChI=1S/C19H20N6O6/c26-19(13-20-15-1-3-16(4-2-15)24(27)28)22-21-12-14-11-17(25(29)30)5-6-18(14)23-7-9-31-10-8-23/h1-6,11-12,20H,7-10,13H2,(H,22,26). The highest BCUT2D eigenvalue weighted by Gasteiger charge is 2.17. The summed E-state index contributed by atoms with van der Waals surface area (Å²) >= 11 is 0. The number of ether oxygens (including phenoxy) is 1. The van der Waals surface area contributed by atoms with Crippen molar-refractivity contribution in [1.82, 2.24) is 5.43 Å². The largest absolute Gasteiger partial charge is 0.378 e. The highest BCUT2D eigenvalue weighted by atomic mass is 16.6. The minimum absolute atomic E-state index is 0.0485. The Labute approximate surface area is 176 Å². The molecular formula is C19H20N6O6. The highest BCUT2D eigenvalue weighted by Crippen LogP contribution is 2.25. The van der Waals surface area contributed by atoms with Crippen molar-refractivity contribution in [3.05, 3.63) is 68.3 Å². The number of hydrogen-bond acceptors (Lipinski definition) is 9. The number of benzene rings is 2. The van der Waals surface area contributed by atoms with E-state index in [9.17, 15) is 25.0 Å². The molecule has 162 valence electrons. The second kappa shape index (κ2) is 10.1. The second-order valence-corrected chi connectivity index (χ2v) is 6.55. The lowest BCUT2D eigenvalue weighted by molar-refractivity contribution is -0.385.